The van der Waals surface area contributed by atoms with Gasteiger partial charge >= 0.3 is 5.97 Å². The molecule has 1 aliphatic rings. The van der Waals surface area contributed by atoms with Crippen LogP contribution in [-0.2, 0) is 17.9 Å². The lowest BCUT2D eigenvalue weighted by atomic mass is 10.1. The van der Waals surface area contributed by atoms with Crippen molar-refractivity contribution in [1.82, 2.24) is 4.90 Å². The lowest BCUT2D eigenvalue weighted by molar-refractivity contribution is -0.122. The second-order valence-electron chi connectivity index (χ2n) is 9.77. The fourth-order valence-electron chi connectivity index (χ4n) is 4.40. The van der Waals surface area contributed by atoms with Gasteiger partial charge in [0.25, 0.3) is 5.91 Å². The first-order valence-electron chi connectivity index (χ1n) is 13.8. The Morgan fingerprint density at radius 1 is 0.956 bits per heavy atom. The van der Waals surface area contributed by atoms with Crippen LogP contribution < -0.4 is 14.2 Å². The molecule has 0 unspecified atom stereocenters. The van der Waals surface area contributed by atoms with E-state index in [1.54, 1.807) is 24.1 Å². The van der Waals surface area contributed by atoms with Gasteiger partial charge in [0.2, 0.25) is 0 Å². The number of rotatable bonds is 11. The summed E-state index contributed by atoms with van der Waals surface area (Å²) >= 11 is 5.78. The average molecular weight is 846 g/mol. The standard InChI is InChI=1S/C34H28I2N2O6S/c1-3-43-29-17-23(16-28(36)31(29)44-20-22-6-10-25(35)11-7-22)18-30-32(39)38(19-21-4-8-24(9-5-21)33(40)41)34(45-30)37-26-12-14-27(42-2)15-13-26/h4-18H,3,19-20H2,1-2H3,(H,40,41)/b30-18-,37-34?. The highest BCUT2D eigenvalue weighted by Crippen LogP contribution is 2.39. The number of carbonyl (C=O) groups is 2. The number of hydrogen-bond acceptors (Lipinski definition) is 7. The monoisotopic (exact) mass is 846 g/mol. The average Bonchev–Trinajstić information content (AvgIpc) is 3.31. The predicted octanol–water partition coefficient (Wildman–Crippen LogP) is 8.38. The molecule has 4 aromatic carbocycles. The second kappa shape index (κ2) is 15.1. The van der Waals surface area contributed by atoms with Crippen LogP contribution in [0.1, 0.15) is 34.0 Å². The first-order valence-corrected chi connectivity index (χ1v) is 16.8. The maximum Gasteiger partial charge on any atom is 0.335 e. The molecular weight excluding hydrogens is 818 g/mol. The summed E-state index contributed by atoms with van der Waals surface area (Å²) in [5.74, 6) is 0.738. The molecule has 1 fully saturated rings. The van der Waals surface area contributed by atoms with Crippen LogP contribution in [0.4, 0.5) is 5.69 Å². The van der Waals surface area contributed by atoms with Gasteiger partial charge in [0.1, 0.15) is 12.4 Å². The maximum absolute atomic E-state index is 13.8. The predicted molar refractivity (Wildman–Crippen MR) is 193 cm³/mol. The molecular formula is C34H28I2N2O6S. The second-order valence-corrected chi connectivity index (χ2v) is 13.2. The van der Waals surface area contributed by atoms with Gasteiger partial charge in [0, 0.05) is 3.57 Å². The molecule has 230 valence electrons. The number of amidine groups is 1. The van der Waals surface area contributed by atoms with Crippen molar-refractivity contribution in [1.29, 1.82) is 0 Å². The van der Waals surface area contributed by atoms with E-state index in [2.05, 4.69) is 45.2 Å². The minimum Gasteiger partial charge on any atom is -0.497 e. The molecule has 0 radical (unpaired) electrons. The van der Waals surface area contributed by atoms with Gasteiger partial charge in [-0.2, -0.15) is 0 Å². The topological polar surface area (TPSA) is 97.7 Å². The molecule has 1 amide bonds. The molecule has 1 heterocycles. The number of thioether (sulfide) groups is 1. The molecule has 5 rings (SSSR count). The lowest BCUT2D eigenvalue weighted by Crippen LogP contribution is -2.28. The van der Waals surface area contributed by atoms with Gasteiger partial charge in [-0.3, -0.25) is 9.69 Å². The third-order valence-electron chi connectivity index (χ3n) is 6.65. The number of aromatic carboxylic acids is 1. The number of carboxylic acid groups (broad SMARTS) is 1. The number of nitrogens with zero attached hydrogens (tertiary/aromatic N) is 2. The van der Waals surface area contributed by atoms with E-state index in [9.17, 15) is 14.7 Å². The fourth-order valence-corrected chi connectivity index (χ4v) is 6.53. The number of methoxy groups -OCH3 is 1. The van der Waals surface area contributed by atoms with Gasteiger partial charge in [-0.25, -0.2) is 9.79 Å². The van der Waals surface area contributed by atoms with Crippen LogP contribution in [0.25, 0.3) is 6.08 Å². The molecule has 0 aliphatic carbocycles. The molecule has 0 spiro atoms. The molecule has 0 aromatic heterocycles. The van der Waals surface area contributed by atoms with Crippen LogP contribution in [0.3, 0.4) is 0 Å². The summed E-state index contributed by atoms with van der Waals surface area (Å²) in [5, 5.41) is 9.79. The third kappa shape index (κ3) is 8.38. The van der Waals surface area contributed by atoms with Gasteiger partial charge in [-0.1, -0.05) is 24.3 Å². The lowest BCUT2D eigenvalue weighted by Gasteiger charge is -2.16. The van der Waals surface area contributed by atoms with Crippen molar-refractivity contribution in [3.8, 4) is 17.2 Å². The highest BCUT2D eigenvalue weighted by molar-refractivity contribution is 14.1. The first-order chi connectivity index (χ1) is 21.7. The zero-order valence-corrected chi connectivity index (χ0v) is 29.5. The Morgan fingerprint density at radius 3 is 2.29 bits per heavy atom. The first kappa shape index (κ1) is 32.8. The summed E-state index contributed by atoms with van der Waals surface area (Å²) in [6.07, 6.45) is 1.83. The zero-order chi connectivity index (χ0) is 31.9. The van der Waals surface area contributed by atoms with Crippen molar-refractivity contribution in [2.75, 3.05) is 13.7 Å². The van der Waals surface area contributed by atoms with E-state index in [4.69, 9.17) is 19.2 Å². The summed E-state index contributed by atoms with van der Waals surface area (Å²) in [5.41, 5.74) is 3.46. The Hall–Kier alpha value is -3.56. The van der Waals surface area contributed by atoms with E-state index in [0.29, 0.717) is 46.2 Å². The number of aliphatic imine (C=N–C) groups is 1. The SMILES string of the molecule is CCOc1cc(/C=C2\SC(=Nc3ccc(OC)cc3)N(Cc3ccc(C(=O)O)cc3)C2=O)cc(I)c1OCc1ccc(I)cc1. The Kier molecular flexibility index (Phi) is 11.0. The van der Waals surface area contributed by atoms with Crippen LogP contribution >= 0.6 is 56.9 Å². The minimum atomic E-state index is -1.01. The summed E-state index contributed by atoms with van der Waals surface area (Å²) in [6.45, 7) is 3.00. The van der Waals surface area contributed by atoms with E-state index < -0.39 is 5.97 Å². The molecule has 11 heteroatoms. The summed E-state index contributed by atoms with van der Waals surface area (Å²) in [6, 6.07) is 25.7. The van der Waals surface area contributed by atoms with Crippen molar-refractivity contribution >= 4 is 85.8 Å². The van der Waals surface area contributed by atoms with Gasteiger partial charge in [0.05, 0.1) is 40.0 Å². The number of carbonyl (C=O) groups excluding carboxylic acids is 1. The zero-order valence-electron chi connectivity index (χ0n) is 24.3. The number of halogens is 2. The Bertz CT molecular complexity index is 1760. The molecule has 0 bridgehead atoms. The number of carboxylic acids is 1. The van der Waals surface area contributed by atoms with Crippen molar-refractivity contribution in [2.45, 2.75) is 20.1 Å². The van der Waals surface area contributed by atoms with E-state index in [1.165, 1.54) is 23.9 Å². The summed E-state index contributed by atoms with van der Waals surface area (Å²) in [4.78, 5) is 32.0. The van der Waals surface area contributed by atoms with Crippen LogP contribution in [0.2, 0.25) is 0 Å². The number of hydrogen-bond donors (Lipinski definition) is 1. The van der Waals surface area contributed by atoms with Crippen LogP contribution in [0.5, 0.6) is 17.2 Å². The van der Waals surface area contributed by atoms with Gasteiger partial charge in [-0.05, 0) is 147 Å². The van der Waals surface area contributed by atoms with Gasteiger partial charge in [-0.15, -0.1) is 0 Å². The van der Waals surface area contributed by atoms with E-state index >= 15 is 0 Å². The van der Waals surface area contributed by atoms with E-state index in [-0.39, 0.29) is 18.0 Å². The Morgan fingerprint density at radius 2 is 1.64 bits per heavy atom. The Labute approximate surface area is 292 Å². The van der Waals surface area contributed by atoms with Crippen LogP contribution in [-0.4, -0.2) is 40.8 Å². The number of ether oxygens (including phenoxy) is 3. The largest absolute Gasteiger partial charge is 0.497 e. The molecule has 45 heavy (non-hydrogen) atoms. The fraction of sp³-hybridized carbons (Fsp3) is 0.147. The molecule has 1 saturated heterocycles. The molecule has 0 saturated carbocycles. The number of benzene rings is 4. The van der Waals surface area contributed by atoms with Crippen molar-refractivity contribution in [2.24, 2.45) is 4.99 Å². The van der Waals surface area contributed by atoms with Gasteiger partial charge < -0.3 is 19.3 Å². The highest BCUT2D eigenvalue weighted by Gasteiger charge is 2.33. The van der Waals surface area contributed by atoms with Crippen molar-refractivity contribution < 1.29 is 28.9 Å². The van der Waals surface area contributed by atoms with Crippen molar-refractivity contribution in [3.63, 3.8) is 0 Å². The smallest absolute Gasteiger partial charge is 0.335 e. The maximum atomic E-state index is 13.8. The van der Waals surface area contributed by atoms with Gasteiger partial charge in [0.15, 0.2) is 16.7 Å². The molecule has 1 N–H and O–H groups in total. The molecule has 4 aromatic rings. The number of amides is 1. The summed E-state index contributed by atoms with van der Waals surface area (Å²) in [7, 11) is 1.60. The third-order valence-corrected chi connectivity index (χ3v) is 9.18. The van der Waals surface area contributed by atoms with Crippen molar-refractivity contribution in [3.05, 3.63) is 119 Å². The quantitative estimate of drug-likeness (QED) is 0.120. The summed E-state index contributed by atoms with van der Waals surface area (Å²) < 4.78 is 19.4. The minimum absolute atomic E-state index is 0.180. The molecule has 1 aliphatic heterocycles. The van der Waals surface area contributed by atoms with E-state index in [0.717, 1.165) is 23.8 Å². The van der Waals surface area contributed by atoms with Crippen LogP contribution in [0.15, 0.2) is 94.8 Å². The Balaban J connectivity index is 1.45. The molecule has 8 nitrogen and oxygen atoms in total. The van der Waals surface area contributed by atoms with Crippen LogP contribution in [0, 0.1) is 7.14 Å². The highest BCUT2D eigenvalue weighted by atomic mass is 127. The normalized spacial score (nSPS) is 14.7. The molecule has 0 atom stereocenters. The van der Waals surface area contributed by atoms with E-state index in [1.807, 2.05) is 73.7 Å².